The number of thiophene rings is 1. The molecule has 0 spiro atoms. The van der Waals surface area contributed by atoms with Gasteiger partial charge in [0.1, 0.15) is 5.76 Å². The average Bonchev–Trinajstić information content (AvgIpc) is 2.99. The van der Waals surface area contributed by atoms with Crippen LogP contribution in [-0.2, 0) is 6.42 Å². The number of furan rings is 1. The van der Waals surface area contributed by atoms with Crippen molar-refractivity contribution in [3.63, 3.8) is 0 Å². The summed E-state index contributed by atoms with van der Waals surface area (Å²) < 4.78 is 5.34. The Balaban J connectivity index is 1.75. The molecule has 0 bridgehead atoms. The van der Waals surface area contributed by atoms with E-state index in [4.69, 9.17) is 4.42 Å². The quantitative estimate of drug-likeness (QED) is 0.836. The summed E-state index contributed by atoms with van der Waals surface area (Å²) in [7, 11) is 0. The molecule has 0 amide bonds. The number of aryl methyl sites for hydroxylation is 1. The molecule has 2 aromatic heterocycles. The number of nitrogens with one attached hydrogen (secondary N) is 1. The van der Waals surface area contributed by atoms with E-state index in [-0.39, 0.29) is 0 Å². The summed E-state index contributed by atoms with van der Waals surface area (Å²) in [5.41, 5.74) is 0. The second-order valence-electron chi connectivity index (χ2n) is 4.42. The van der Waals surface area contributed by atoms with E-state index in [0.717, 1.165) is 18.6 Å². The van der Waals surface area contributed by atoms with E-state index < -0.39 is 0 Å². The van der Waals surface area contributed by atoms with E-state index in [9.17, 15) is 0 Å². The van der Waals surface area contributed by atoms with Gasteiger partial charge in [-0.15, -0.1) is 11.3 Å². The van der Waals surface area contributed by atoms with Crippen molar-refractivity contribution >= 4 is 11.3 Å². The van der Waals surface area contributed by atoms with Crippen LogP contribution in [0.5, 0.6) is 0 Å². The molecular weight excluding hydrogens is 230 g/mol. The molecule has 0 radical (unpaired) electrons. The molecule has 1 unspecified atom stereocenters. The van der Waals surface area contributed by atoms with Gasteiger partial charge in [-0.3, -0.25) is 0 Å². The van der Waals surface area contributed by atoms with Crippen molar-refractivity contribution in [1.29, 1.82) is 0 Å². The average molecular weight is 249 g/mol. The van der Waals surface area contributed by atoms with E-state index in [2.05, 4.69) is 36.7 Å². The van der Waals surface area contributed by atoms with Crippen molar-refractivity contribution in [3.8, 4) is 0 Å². The summed E-state index contributed by atoms with van der Waals surface area (Å²) in [6, 6.07) is 9.20. The van der Waals surface area contributed by atoms with Crippen molar-refractivity contribution in [2.45, 2.75) is 38.8 Å². The fourth-order valence-corrected chi connectivity index (χ4v) is 2.69. The number of hydrogen-bond donors (Lipinski definition) is 1. The van der Waals surface area contributed by atoms with Crippen LogP contribution in [0.1, 0.15) is 36.9 Å². The summed E-state index contributed by atoms with van der Waals surface area (Å²) in [4.78, 5) is 1.40. The van der Waals surface area contributed by atoms with Crippen LogP contribution in [0.3, 0.4) is 0 Å². The van der Waals surface area contributed by atoms with Crippen molar-refractivity contribution < 1.29 is 4.42 Å². The summed E-state index contributed by atoms with van der Waals surface area (Å²) in [5.74, 6) is 1.07. The Morgan fingerprint density at radius 1 is 1.29 bits per heavy atom. The Morgan fingerprint density at radius 2 is 2.18 bits per heavy atom. The maximum atomic E-state index is 5.34. The van der Waals surface area contributed by atoms with Gasteiger partial charge in [0, 0.05) is 23.4 Å². The topological polar surface area (TPSA) is 25.2 Å². The van der Waals surface area contributed by atoms with Gasteiger partial charge in [-0.1, -0.05) is 6.07 Å². The molecule has 2 atom stereocenters. The minimum absolute atomic E-state index is 0.432. The van der Waals surface area contributed by atoms with Crippen molar-refractivity contribution in [1.82, 2.24) is 5.32 Å². The van der Waals surface area contributed by atoms with Gasteiger partial charge in [-0.25, -0.2) is 0 Å². The highest BCUT2D eigenvalue weighted by atomic mass is 32.1. The molecule has 0 aliphatic carbocycles. The van der Waals surface area contributed by atoms with Gasteiger partial charge < -0.3 is 9.73 Å². The first-order chi connectivity index (χ1) is 8.25. The largest absolute Gasteiger partial charge is 0.469 e. The Labute approximate surface area is 107 Å². The van der Waals surface area contributed by atoms with Gasteiger partial charge in [-0.05, 0) is 43.8 Å². The molecule has 0 aromatic carbocycles. The predicted molar refractivity (Wildman–Crippen MR) is 72.4 cm³/mol. The zero-order chi connectivity index (χ0) is 12.1. The molecule has 2 rings (SSSR count). The Kier molecular flexibility index (Phi) is 4.40. The second kappa shape index (κ2) is 6.03. The zero-order valence-corrected chi connectivity index (χ0v) is 11.2. The highest BCUT2D eigenvalue weighted by molar-refractivity contribution is 7.10. The predicted octanol–water partition coefficient (Wildman–Crippen LogP) is 4.01. The third-order valence-corrected chi connectivity index (χ3v) is 3.96. The zero-order valence-electron chi connectivity index (χ0n) is 10.3. The van der Waals surface area contributed by atoms with Gasteiger partial charge in [-0.2, -0.15) is 0 Å². The lowest BCUT2D eigenvalue weighted by atomic mass is 10.1. The van der Waals surface area contributed by atoms with Crippen LogP contribution < -0.4 is 5.32 Å². The van der Waals surface area contributed by atoms with Crippen LogP contribution >= 0.6 is 11.3 Å². The van der Waals surface area contributed by atoms with Crippen LogP contribution in [0.15, 0.2) is 40.3 Å². The molecule has 0 fully saturated rings. The number of hydrogen-bond acceptors (Lipinski definition) is 3. The molecule has 0 saturated heterocycles. The molecule has 0 aliphatic rings. The lowest BCUT2D eigenvalue weighted by Crippen LogP contribution is -2.28. The first-order valence-corrected chi connectivity index (χ1v) is 6.95. The monoisotopic (exact) mass is 249 g/mol. The van der Waals surface area contributed by atoms with Crippen molar-refractivity contribution in [3.05, 3.63) is 46.5 Å². The molecule has 1 N–H and O–H groups in total. The molecule has 92 valence electrons. The van der Waals surface area contributed by atoms with Crippen LogP contribution in [0.25, 0.3) is 0 Å². The highest BCUT2D eigenvalue weighted by Crippen LogP contribution is 2.19. The van der Waals surface area contributed by atoms with E-state index in [1.54, 1.807) is 6.26 Å². The Bertz CT molecular complexity index is 407. The van der Waals surface area contributed by atoms with E-state index in [0.29, 0.717) is 12.1 Å². The fraction of sp³-hybridized carbons (Fsp3) is 0.429. The summed E-state index contributed by atoms with van der Waals surface area (Å²) in [6.45, 7) is 4.45. The van der Waals surface area contributed by atoms with Crippen LogP contribution in [-0.4, -0.2) is 6.04 Å². The molecule has 2 aromatic rings. The van der Waals surface area contributed by atoms with Gasteiger partial charge in [0.05, 0.1) is 6.26 Å². The summed E-state index contributed by atoms with van der Waals surface area (Å²) in [6.07, 6.45) is 3.84. The maximum absolute atomic E-state index is 5.34. The molecule has 3 heteroatoms. The van der Waals surface area contributed by atoms with E-state index in [1.807, 2.05) is 23.5 Å². The van der Waals surface area contributed by atoms with Gasteiger partial charge in [0.2, 0.25) is 0 Å². The van der Waals surface area contributed by atoms with Gasteiger partial charge in [0.25, 0.3) is 0 Å². The van der Waals surface area contributed by atoms with Crippen molar-refractivity contribution in [2.75, 3.05) is 0 Å². The SMILES string of the molecule is CC(CCc1ccco1)N[C@@H](C)c1cccs1. The summed E-state index contributed by atoms with van der Waals surface area (Å²) >= 11 is 1.81. The Hall–Kier alpha value is -1.06. The van der Waals surface area contributed by atoms with Crippen LogP contribution in [0, 0.1) is 0 Å². The third kappa shape index (κ3) is 3.72. The third-order valence-electron chi connectivity index (χ3n) is 2.91. The maximum Gasteiger partial charge on any atom is 0.103 e. The first-order valence-electron chi connectivity index (χ1n) is 6.07. The fourth-order valence-electron chi connectivity index (χ4n) is 1.94. The molecular formula is C14H19NOS. The van der Waals surface area contributed by atoms with Gasteiger partial charge in [0.15, 0.2) is 0 Å². The summed E-state index contributed by atoms with van der Waals surface area (Å²) in [5, 5.41) is 5.74. The van der Waals surface area contributed by atoms with Gasteiger partial charge >= 0.3 is 0 Å². The lowest BCUT2D eigenvalue weighted by molar-refractivity contribution is 0.433. The van der Waals surface area contributed by atoms with Crippen LogP contribution in [0.4, 0.5) is 0 Å². The molecule has 17 heavy (non-hydrogen) atoms. The van der Waals surface area contributed by atoms with Crippen molar-refractivity contribution in [2.24, 2.45) is 0 Å². The lowest BCUT2D eigenvalue weighted by Gasteiger charge is -2.18. The first kappa shape index (κ1) is 12.4. The minimum atomic E-state index is 0.432. The standard InChI is InChI=1S/C14H19NOS/c1-11(7-8-13-5-3-9-16-13)15-12(2)14-6-4-10-17-14/h3-6,9-12,15H,7-8H2,1-2H3/t11?,12-/m0/s1. The van der Waals surface area contributed by atoms with E-state index >= 15 is 0 Å². The van der Waals surface area contributed by atoms with E-state index in [1.165, 1.54) is 4.88 Å². The Morgan fingerprint density at radius 3 is 2.82 bits per heavy atom. The molecule has 2 heterocycles. The highest BCUT2D eigenvalue weighted by Gasteiger charge is 2.10. The minimum Gasteiger partial charge on any atom is -0.469 e. The molecule has 2 nitrogen and oxygen atoms in total. The number of rotatable bonds is 6. The second-order valence-corrected chi connectivity index (χ2v) is 5.40. The van der Waals surface area contributed by atoms with Crippen LogP contribution in [0.2, 0.25) is 0 Å². The molecule has 0 saturated carbocycles. The molecule has 0 aliphatic heterocycles. The smallest absolute Gasteiger partial charge is 0.103 e. The normalized spacial score (nSPS) is 14.7.